The number of hydrogen-bond donors (Lipinski definition) is 1. The van der Waals surface area contributed by atoms with Crippen molar-refractivity contribution in [3.05, 3.63) is 24.0 Å². The summed E-state index contributed by atoms with van der Waals surface area (Å²) in [7, 11) is 0. The van der Waals surface area contributed by atoms with Gasteiger partial charge < -0.3 is 10.6 Å². The first kappa shape index (κ1) is 8.82. The molecular formula is C10H10FN3. The van der Waals surface area contributed by atoms with Crippen LogP contribution < -0.4 is 10.6 Å². The van der Waals surface area contributed by atoms with Gasteiger partial charge in [-0.1, -0.05) is 0 Å². The fourth-order valence-electron chi connectivity index (χ4n) is 1.53. The Morgan fingerprint density at radius 2 is 2.21 bits per heavy atom. The van der Waals surface area contributed by atoms with E-state index in [0.29, 0.717) is 24.5 Å². The molecule has 0 aromatic heterocycles. The zero-order chi connectivity index (χ0) is 10.1. The average Bonchev–Trinajstić information content (AvgIpc) is 2.09. The second-order valence-corrected chi connectivity index (χ2v) is 3.44. The maximum absolute atomic E-state index is 13.3. The number of nitrogens with zero attached hydrogens (tertiary/aromatic N) is 2. The Morgan fingerprint density at radius 3 is 2.86 bits per heavy atom. The second-order valence-electron chi connectivity index (χ2n) is 3.44. The molecule has 2 rings (SSSR count). The molecule has 0 unspecified atom stereocenters. The summed E-state index contributed by atoms with van der Waals surface area (Å²) in [4.78, 5) is 1.82. The van der Waals surface area contributed by atoms with Crippen LogP contribution in [-0.4, -0.2) is 13.1 Å². The molecule has 72 valence electrons. The first-order valence-electron chi connectivity index (χ1n) is 4.40. The van der Waals surface area contributed by atoms with E-state index in [1.807, 2.05) is 4.90 Å². The molecule has 1 aromatic rings. The SMILES string of the molecule is N#CC1CN(c2cc(N)ccc2F)C1. The summed E-state index contributed by atoms with van der Waals surface area (Å²) in [6, 6.07) is 6.62. The predicted molar refractivity (Wildman–Crippen MR) is 52.1 cm³/mol. The van der Waals surface area contributed by atoms with E-state index < -0.39 is 0 Å². The van der Waals surface area contributed by atoms with E-state index in [1.165, 1.54) is 12.1 Å². The van der Waals surface area contributed by atoms with Gasteiger partial charge in [0.15, 0.2) is 0 Å². The first-order chi connectivity index (χ1) is 6.70. The molecule has 1 aliphatic rings. The van der Waals surface area contributed by atoms with Crippen LogP contribution in [0.1, 0.15) is 0 Å². The molecule has 1 heterocycles. The second kappa shape index (κ2) is 3.18. The minimum absolute atomic E-state index is 0.0239. The molecule has 2 N–H and O–H groups in total. The zero-order valence-corrected chi connectivity index (χ0v) is 7.57. The van der Waals surface area contributed by atoms with Gasteiger partial charge in [0.2, 0.25) is 0 Å². The predicted octanol–water partition coefficient (Wildman–Crippen LogP) is 1.37. The number of anilines is 2. The molecule has 0 amide bonds. The third kappa shape index (κ3) is 1.37. The van der Waals surface area contributed by atoms with Crippen molar-refractivity contribution in [3.8, 4) is 6.07 Å². The highest BCUT2D eigenvalue weighted by Crippen LogP contribution is 2.28. The van der Waals surface area contributed by atoms with E-state index in [9.17, 15) is 4.39 Å². The molecule has 0 radical (unpaired) electrons. The fraction of sp³-hybridized carbons (Fsp3) is 0.300. The van der Waals surface area contributed by atoms with Gasteiger partial charge in [0.25, 0.3) is 0 Å². The highest BCUT2D eigenvalue weighted by Gasteiger charge is 2.28. The van der Waals surface area contributed by atoms with Crippen LogP contribution in [0.2, 0.25) is 0 Å². The molecule has 1 fully saturated rings. The Labute approximate surface area is 81.5 Å². The van der Waals surface area contributed by atoms with Gasteiger partial charge >= 0.3 is 0 Å². The zero-order valence-electron chi connectivity index (χ0n) is 7.57. The lowest BCUT2D eigenvalue weighted by Gasteiger charge is -2.37. The quantitative estimate of drug-likeness (QED) is 0.682. The largest absolute Gasteiger partial charge is 0.399 e. The molecular weight excluding hydrogens is 181 g/mol. The van der Waals surface area contributed by atoms with E-state index in [4.69, 9.17) is 11.0 Å². The Kier molecular flexibility index (Phi) is 2.01. The molecule has 1 aliphatic heterocycles. The summed E-state index contributed by atoms with van der Waals surface area (Å²) in [6.45, 7) is 1.19. The number of rotatable bonds is 1. The van der Waals surface area contributed by atoms with Crippen LogP contribution in [0.4, 0.5) is 15.8 Å². The van der Waals surface area contributed by atoms with Crippen molar-refractivity contribution in [3.63, 3.8) is 0 Å². The molecule has 0 spiro atoms. The number of hydrogen-bond acceptors (Lipinski definition) is 3. The topological polar surface area (TPSA) is 53.0 Å². The molecule has 1 aromatic carbocycles. The third-order valence-electron chi connectivity index (χ3n) is 2.37. The molecule has 0 atom stereocenters. The van der Waals surface area contributed by atoms with E-state index in [1.54, 1.807) is 6.07 Å². The van der Waals surface area contributed by atoms with Crippen LogP contribution in [0.3, 0.4) is 0 Å². The Bertz CT molecular complexity index is 391. The molecule has 14 heavy (non-hydrogen) atoms. The summed E-state index contributed by atoms with van der Waals surface area (Å²) >= 11 is 0. The lowest BCUT2D eigenvalue weighted by atomic mass is 10.0. The van der Waals surface area contributed by atoms with E-state index in [2.05, 4.69) is 6.07 Å². The van der Waals surface area contributed by atoms with Gasteiger partial charge in [-0.05, 0) is 18.2 Å². The minimum Gasteiger partial charge on any atom is -0.399 e. The summed E-state index contributed by atoms with van der Waals surface area (Å²) < 4.78 is 13.3. The summed E-state index contributed by atoms with van der Waals surface area (Å²) in [5.41, 5.74) is 6.59. The van der Waals surface area contributed by atoms with Crippen LogP contribution >= 0.6 is 0 Å². The van der Waals surface area contributed by atoms with Crippen molar-refractivity contribution in [1.29, 1.82) is 5.26 Å². The van der Waals surface area contributed by atoms with E-state index in [-0.39, 0.29) is 11.7 Å². The average molecular weight is 191 g/mol. The number of nitrogen functional groups attached to an aromatic ring is 1. The maximum atomic E-state index is 13.3. The lowest BCUT2D eigenvalue weighted by Crippen LogP contribution is -2.46. The van der Waals surface area contributed by atoms with Gasteiger partial charge in [-0.15, -0.1) is 0 Å². The smallest absolute Gasteiger partial charge is 0.146 e. The van der Waals surface area contributed by atoms with E-state index >= 15 is 0 Å². The van der Waals surface area contributed by atoms with Crippen LogP contribution in [0.5, 0.6) is 0 Å². The van der Waals surface area contributed by atoms with Crippen LogP contribution in [0.15, 0.2) is 18.2 Å². The number of nitriles is 1. The van der Waals surface area contributed by atoms with Crippen molar-refractivity contribution >= 4 is 11.4 Å². The summed E-state index contributed by atoms with van der Waals surface area (Å²) in [5.74, 6) is -0.258. The molecule has 0 saturated carbocycles. The Hall–Kier alpha value is -1.76. The fourth-order valence-corrected chi connectivity index (χ4v) is 1.53. The van der Waals surface area contributed by atoms with Gasteiger partial charge in [-0.25, -0.2) is 4.39 Å². The molecule has 0 bridgehead atoms. The van der Waals surface area contributed by atoms with Crippen molar-refractivity contribution in [2.75, 3.05) is 23.7 Å². The number of halogens is 1. The Balaban J connectivity index is 2.18. The van der Waals surface area contributed by atoms with Crippen LogP contribution in [-0.2, 0) is 0 Å². The standard InChI is InChI=1S/C10H10FN3/c11-9-2-1-8(13)3-10(9)14-5-7(4-12)6-14/h1-3,7H,5-6,13H2. The van der Waals surface area contributed by atoms with Gasteiger partial charge in [0, 0.05) is 18.8 Å². The summed E-state index contributed by atoms with van der Waals surface area (Å²) in [5, 5.41) is 8.58. The summed E-state index contributed by atoms with van der Waals surface area (Å²) in [6.07, 6.45) is 0. The van der Waals surface area contributed by atoms with Gasteiger partial charge in [0.1, 0.15) is 5.82 Å². The first-order valence-corrected chi connectivity index (χ1v) is 4.40. The monoisotopic (exact) mass is 191 g/mol. The van der Waals surface area contributed by atoms with Crippen LogP contribution in [0, 0.1) is 23.1 Å². The van der Waals surface area contributed by atoms with Gasteiger partial charge in [-0.2, -0.15) is 5.26 Å². The molecule has 4 heteroatoms. The molecule has 3 nitrogen and oxygen atoms in total. The normalized spacial score (nSPS) is 16.1. The highest BCUT2D eigenvalue weighted by atomic mass is 19.1. The van der Waals surface area contributed by atoms with Crippen molar-refractivity contribution in [1.82, 2.24) is 0 Å². The highest BCUT2D eigenvalue weighted by molar-refractivity contribution is 5.58. The van der Waals surface area contributed by atoms with Gasteiger partial charge in [-0.3, -0.25) is 0 Å². The molecule has 0 aliphatic carbocycles. The van der Waals surface area contributed by atoms with Crippen molar-refractivity contribution in [2.45, 2.75) is 0 Å². The lowest BCUT2D eigenvalue weighted by molar-refractivity contribution is 0.491. The third-order valence-corrected chi connectivity index (χ3v) is 2.37. The maximum Gasteiger partial charge on any atom is 0.146 e. The van der Waals surface area contributed by atoms with Crippen LogP contribution in [0.25, 0.3) is 0 Å². The Morgan fingerprint density at radius 1 is 1.50 bits per heavy atom. The number of nitrogens with two attached hydrogens (primary N) is 1. The minimum atomic E-state index is -0.282. The van der Waals surface area contributed by atoms with Gasteiger partial charge in [0.05, 0.1) is 17.7 Å². The van der Waals surface area contributed by atoms with Crippen molar-refractivity contribution < 1.29 is 4.39 Å². The van der Waals surface area contributed by atoms with E-state index in [0.717, 1.165) is 0 Å². The number of benzene rings is 1. The van der Waals surface area contributed by atoms with Crippen molar-refractivity contribution in [2.24, 2.45) is 5.92 Å². The molecule has 1 saturated heterocycles.